The van der Waals surface area contributed by atoms with E-state index in [9.17, 15) is 9.18 Å². The molecule has 86 valence electrons. The van der Waals surface area contributed by atoms with Gasteiger partial charge in [0.25, 0.3) is 0 Å². The lowest BCUT2D eigenvalue weighted by atomic mass is 10.3. The maximum absolute atomic E-state index is 13.0. The average molecular weight is 246 g/mol. The summed E-state index contributed by atoms with van der Waals surface area (Å²) in [6.45, 7) is 0.578. The van der Waals surface area contributed by atoms with Gasteiger partial charge in [-0.25, -0.2) is 9.18 Å². The largest absolute Gasteiger partial charge is 0.490 e. The highest BCUT2D eigenvalue weighted by Gasteiger charge is 2.22. The van der Waals surface area contributed by atoms with Crippen LogP contribution in [0.2, 0.25) is 5.02 Å². The van der Waals surface area contributed by atoms with E-state index in [0.717, 1.165) is 0 Å². The number of alkyl carbamates (subject to hydrolysis) is 1. The third-order valence-corrected chi connectivity index (χ3v) is 2.38. The number of halogens is 2. The number of ether oxygens (including phenoxy) is 2. The quantitative estimate of drug-likeness (QED) is 0.886. The summed E-state index contributed by atoms with van der Waals surface area (Å²) in [6, 6.07) is 4.15. The van der Waals surface area contributed by atoms with Crippen molar-refractivity contribution in [1.82, 2.24) is 5.32 Å². The number of hydrogen-bond donors (Lipinski definition) is 1. The van der Waals surface area contributed by atoms with Crippen LogP contribution >= 0.6 is 11.6 Å². The van der Waals surface area contributed by atoms with Crippen LogP contribution in [0.5, 0.6) is 5.75 Å². The molecule has 1 aromatic rings. The monoisotopic (exact) mass is 245 g/mol. The topological polar surface area (TPSA) is 47.6 Å². The molecular formula is C10H9ClFNO3. The molecule has 0 bridgehead atoms. The maximum Gasteiger partial charge on any atom is 0.407 e. The second-order valence-corrected chi connectivity index (χ2v) is 3.70. The molecule has 0 aliphatic carbocycles. The second kappa shape index (κ2) is 4.57. The van der Waals surface area contributed by atoms with Gasteiger partial charge >= 0.3 is 6.09 Å². The van der Waals surface area contributed by atoms with Crippen molar-refractivity contribution < 1.29 is 18.7 Å². The molecule has 0 aromatic heterocycles. The normalized spacial score (nSPS) is 19.1. The number of benzene rings is 1. The van der Waals surface area contributed by atoms with E-state index in [4.69, 9.17) is 21.1 Å². The minimum Gasteiger partial charge on any atom is -0.490 e. The molecule has 16 heavy (non-hydrogen) atoms. The number of amides is 1. The van der Waals surface area contributed by atoms with Gasteiger partial charge in [-0.05, 0) is 12.1 Å². The van der Waals surface area contributed by atoms with Gasteiger partial charge in [0, 0.05) is 6.07 Å². The first-order chi connectivity index (χ1) is 7.65. The molecule has 0 radical (unpaired) electrons. The van der Waals surface area contributed by atoms with Crippen molar-refractivity contribution in [3.05, 3.63) is 29.0 Å². The van der Waals surface area contributed by atoms with Crippen molar-refractivity contribution in [1.29, 1.82) is 0 Å². The van der Waals surface area contributed by atoms with Gasteiger partial charge in [-0.3, -0.25) is 0 Å². The summed E-state index contributed by atoms with van der Waals surface area (Å²) in [6.07, 6.45) is -0.804. The fourth-order valence-electron chi connectivity index (χ4n) is 1.28. The number of rotatable bonds is 3. The molecule has 1 saturated heterocycles. The van der Waals surface area contributed by atoms with Crippen LogP contribution in [0.3, 0.4) is 0 Å². The molecule has 0 saturated carbocycles. The van der Waals surface area contributed by atoms with E-state index in [1.807, 2.05) is 0 Å². The van der Waals surface area contributed by atoms with Gasteiger partial charge in [0.05, 0.1) is 11.6 Å². The summed E-state index contributed by atoms with van der Waals surface area (Å²) in [5, 5.41) is 2.53. The van der Waals surface area contributed by atoms with Gasteiger partial charge in [-0.1, -0.05) is 11.6 Å². The average Bonchev–Trinajstić information content (AvgIpc) is 2.66. The molecule has 1 aliphatic heterocycles. The van der Waals surface area contributed by atoms with Crippen LogP contribution in [0, 0.1) is 5.82 Å². The Hall–Kier alpha value is -1.49. The van der Waals surface area contributed by atoms with Gasteiger partial charge in [0.1, 0.15) is 18.2 Å². The molecule has 1 heterocycles. The Morgan fingerprint density at radius 2 is 2.44 bits per heavy atom. The first kappa shape index (κ1) is 11.0. The Morgan fingerprint density at radius 1 is 1.62 bits per heavy atom. The Morgan fingerprint density at radius 3 is 3.06 bits per heavy atom. The van der Waals surface area contributed by atoms with Gasteiger partial charge in [-0.2, -0.15) is 0 Å². The van der Waals surface area contributed by atoms with Crippen molar-refractivity contribution in [3.63, 3.8) is 0 Å². The van der Waals surface area contributed by atoms with Crippen molar-refractivity contribution in [2.24, 2.45) is 0 Å². The lowest BCUT2D eigenvalue weighted by Gasteiger charge is -2.10. The zero-order valence-corrected chi connectivity index (χ0v) is 8.96. The summed E-state index contributed by atoms with van der Waals surface area (Å²) < 4.78 is 23.1. The van der Waals surface area contributed by atoms with E-state index < -0.39 is 11.9 Å². The van der Waals surface area contributed by atoms with Crippen LogP contribution in [0.25, 0.3) is 0 Å². The van der Waals surface area contributed by atoms with Gasteiger partial charge in [0.2, 0.25) is 0 Å². The molecule has 1 N–H and O–H groups in total. The van der Waals surface area contributed by atoms with Crippen molar-refractivity contribution >= 4 is 17.7 Å². The molecule has 2 rings (SSSR count). The summed E-state index contributed by atoms with van der Waals surface area (Å²) in [5.41, 5.74) is 0. The fourth-order valence-corrected chi connectivity index (χ4v) is 1.40. The zero-order valence-electron chi connectivity index (χ0n) is 8.20. The Bertz CT molecular complexity index is 413. The van der Waals surface area contributed by atoms with Crippen molar-refractivity contribution in [2.45, 2.75) is 6.10 Å². The third-order valence-electron chi connectivity index (χ3n) is 2.07. The van der Waals surface area contributed by atoms with E-state index in [1.165, 1.54) is 12.1 Å². The van der Waals surface area contributed by atoms with Crippen LogP contribution in [0.4, 0.5) is 9.18 Å². The molecule has 1 atom stereocenters. The van der Waals surface area contributed by atoms with E-state index in [2.05, 4.69) is 5.32 Å². The first-order valence-corrected chi connectivity index (χ1v) is 5.05. The number of nitrogens with one attached hydrogen (secondary N) is 1. The second-order valence-electron chi connectivity index (χ2n) is 3.30. The van der Waals surface area contributed by atoms with Crippen molar-refractivity contribution in [3.8, 4) is 5.75 Å². The highest BCUT2D eigenvalue weighted by atomic mass is 35.5. The van der Waals surface area contributed by atoms with Crippen LogP contribution in [0.1, 0.15) is 0 Å². The number of carbonyl (C=O) groups is 1. The van der Waals surface area contributed by atoms with E-state index in [0.29, 0.717) is 12.3 Å². The first-order valence-electron chi connectivity index (χ1n) is 4.67. The molecule has 6 heteroatoms. The minimum atomic E-state index is -0.541. The lowest BCUT2D eigenvalue weighted by molar-refractivity contribution is 0.104. The molecule has 1 aliphatic rings. The zero-order chi connectivity index (χ0) is 11.5. The van der Waals surface area contributed by atoms with Gasteiger partial charge in [-0.15, -0.1) is 0 Å². The summed E-state index contributed by atoms with van der Waals surface area (Å²) in [4.78, 5) is 10.7. The fraction of sp³-hybridized carbons (Fsp3) is 0.300. The molecule has 0 spiro atoms. The molecule has 1 amide bonds. The Labute approximate surface area is 96.3 Å². The lowest BCUT2D eigenvalue weighted by Crippen LogP contribution is -2.21. The van der Waals surface area contributed by atoms with Crippen LogP contribution in [0.15, 0.2) is 18.2 Å². The third kappa shape index (κ3) is 2.55. The summed E-state index contributed by atoms with van der Waals surface area (Å²) in [5.74, 6) is -0.189. The van der Waals surface area contributed by atoms with Crippen molar-refractivity contribution in [2.75, 3.05) is 13.2 Å². The van der Waals surface area contributed by atoms with Crippen LogP contribution in [-0.2, 0) is 4.74 Å². The van der Waals surface area contributed by atoms with E-state index >= 15 is 0 Å². The minimum absolute atomic E-state index is 0.0429. The maximum atomic E-state index is 13.0. The molecule has 1 aromatic carbocycles. The molecule has 1 unspecified atom stereocenters. The highest BCUT2D eigenvalue weighted by Crippen LogP contribution is 2.20. The molecular weight excluding hydrogens is 237 g/mol. The smallest absolute Gasteiger partial charge is 0.407 e. The summed E-state index contributed by atoms with van der Waals surface area (Å²) >= 11 is 5.52. The number of carbonyl (C=O) groups excluding carboxylic acids is 1. The summed E-state index contributed by atoms with van der Waals surface area (Å²) in [7, 11) is 0. The van der Waals surface area contributed by atoms with E-state index in [1.54, 1.807) is 6.07 Å². The van der Waals surface area contributed by atoms with Gasteiger partial charge in [0.15, 0.2) is 6.10 Å². The highest BCUT2D eigenvalue weighted by molar-refractivity contribution is 6.30. The SMILES string of the molecule is O=C1NCC(COc2ccc(Cl)c(F)c2)O1. The molecule has 4 nitrogen and oxygen atoms in total. The number of hydrogen-bond acceptors (Lipinski definition) is 3. The predicted octanol–water partition coefficient (Wildman–Crippen LogP) is 1.97. The number of cyclic esters (lactones) is 1. The Balaban J connectivity index is 1.89. The molecule has 1 fully saturated rings. The standard InChI is InChI=1S/C10H9ClFNO3/c11-8-2-1-6(3-9(8)12)15-5-7-4-13-10(14)16-7/h1-3,7H,4-5H2,(H,13,14). The predicted molar refractivity (Wildman–Crippen MR) is 55.2 cm³/mol. The van der Waals surface area contributed by atoms with E-state index in [-0.39, 0.29) is 17.7 Å². The van der Waals surface area contributed by atoms with Crippen LogP contribution in [-0.4, -0.2) is 25.3 Å². The Kier molecular flexibility index (Phi) is 3.14. The van der Waals surface area contributed by atoms with Crippen LogP contribution < -0.4 is 10.1 Å². The van der Waals surface area contributed by atoms with Gasteiger partial charge < -0.3 is 14.8 Å².